The van der Waals surface area contributed by atoms with Gasteiger partial charge in [-0.25, -0.2) is 4.99 Å². The normalized spacial score (nSPS) is 11.0. The van der Waals surface area contributed by atoms with Crippen LogP contribution in [0.2, 0.25) is 15.1 Å². The van der Waals surface area contributed by atoms with Crippen LogP contribution in [0.4, 0.5) is 5.69 Å². The number of halogens is 3. The Morgan fingerprint density at radius 2 is 1.75 bits per heavy atom. The number of guanidine groups is 1. The summed E-state index contributed by atoms with van der Waals surface area (Å²) in [5.74, 6) is 0.962. The first kappa shape index (κ1) is 22.1. The highest BCUT2D eigenvalue weighted by atomic mass is 35.5. The minimum atomic E-state index is 0.407. The molecule has 2 aromatic rings. The quantitative estimate of drug-likeness (QED) is 0.137. The second-order valence-electron chi connectivity index (χ2n) is 5.79. The van der Waals surface area contributed by atoms with Gasteiger partial charge in [0.25, 0.3) is 0 Å². The summed E-state index contributed by atoms with van der Waals surface area (Å²) >= 11 is 17.9. The largest absolute Gasteiger partial charge is 0.492 e. The van der Waals surface area contributed by atoms with Crippen molar-refractivity contribution in [3.63, 3.8) is 0 Å². The van der Waals surface area contributed by atoms with E-state index in [1.54, 1.807) is 36.7 Å². The first-order valence-electron chi connectivity index (χ1n) is 8.75. The number of nitrogens with zero attached hydrogens (tertiary/aromatic N) is 3. The summed E-state index contributed by atoms with van der Waals surface area (Å²) in [6.45, 7) is 1.26. The van der Waals surface area contributed by atoms with Gasteiger partial charge in [0, 0.05) is 25.0 Å². The molecular formula is C19H20Cl3N5O. The number of unbranched alkanes of at least 4 members (excludes halogenated alkanes) is 3. The van der Waals surface area contributed by atoms with E-state index in [2.05, 4.69) is 20.6 Å². The summed E-state index contributed by atoms with van der Waals surface area (Å²) in [6, 6.07) is 6.73. The van der Waals surface area contributed by atoms with E-state index < -0.39 is 0 Å². The third-order valence-electron chi connectivity index (χ3n) is 3.67. The predicted molar refractivity (Wildman–Crippen MR) is 114 cm³/mol. The molecule has 0 unspecified atom stereocenters. The molecule has 148 valence electrons. The molecule has 0 radical (unpaired) electrons. The van der Waals surface area contributed by atoms with Crippen molar-refractivity contribution < 1.29 is 4.74 Å². The van der Waals surface area contributed by atoms with Crippen LogP contribution in [0, 0.1) is 11.5 Å². The number of aliphatic imine (C=N–C) groups is 1. The third kappa shape index (κ3) is 7.81. The maximum absolute atomic E-state index is 8.83. The van der Waals surface area contributed by atoms with E-state index in [9.17, 15) is 0 Å². The second-order valence-corrected chi connectivity index (χ2v) is 7.01. The van der Waals surface area contributed by atoms with Crippen molar-refractivity contribution in [3.8, 4) is 11.9 Å². The van der Waals surface area contributed by atoms with Crippen LogP contribution in [0.1, 0.15) is 25.7 Å². The van der Waals surface area contributed by atoms with E-state index >= 15 is 0 Å². The topological polar surface area (TPSA) is 82.3 Å². The SMILES string of the molecule is N#CN/C(=N\c1ccncc1)NCCCCCCOc1cc(Cl)c(Cl)cc1Cl. The molecule has 0 aliphatic carbocycles. The van der Waals surface area contributed by atoms with E-state index in [-0.39, 0.29) is 0 Å². The Labute approximate surface area is 179 Å². The Balaban J connectivity index is 1.63. The monoisotopic (exact) mass is 439 g/mol. The number of aromatic nitrogens is 1. The van der Waals surface area contributed by atoms with Crippen LogP contribution in [0.25, 0.3) is 0 Å². The maximum atomic E-state index is 8.83. The molecule has 0 saturated carbocycles. The van der Waals surface area contributed by atoms with Crippen molar-refractivity contribution in [3.05, 3.63) is 51.7 Å². The number of nitriles is 1. The van der Waals surface area contributed by atoms with Crippen molar-refractivity contribution in [1.29, 1.82) is 5.26 Å². The van der Waals surface area contributed by atoms with Crippen LogP contribution in [0.15, 0.2) is 41.7 Å². The number of rotatable bonds is 9. The van der Waals surface area contributed by atoms with Gasteiger partial charge in [0.1, 0.15) is 5.75 Å². The number of nitrogens with one attached hydrogen (secondary N) is 2. The molecular weight excluding hydrogens is 421 g/mol. The molecule has 28 heavy (non-hydrogen) atoms. The summed E-state index contributed by atoms with van der Waals surface area (Å²) in [5.41, 5.74) is 0.721. The molecule has 1 aromatic carbocycles. The third-order valence-corrected chi connectivity index (χ3v) is 4.69. The smallest absolute Gasteiger partial charge is 0.209 e. The highest BCUT2D eigenvalue weighted by Crippen LogP contribution is 2.33. The Kier molecular flexibility index (Phi) is 9.70. The first-order chi connectivity index (χ1) is 13.6. The fraction of sp³-hybridized carbons (Fsp3) is 0.316. The summed E-state index contributed by atoms with van der Waals surface area (Å²) in [7, 11) is 0. The van der Waals surface area contributed by atoms with E-state index in [0.717, 1.165) is 31.4 Å². The Morgan fingerprint density at radius 3 is 2.50 bits per heavy atom. The molecule has 0 spiro atoms. The summed E-state index contributed by atoms with van der Waals surface area (Å²) in [5, 5.41) is 15.8. The molecule has 0 aliphatic rings. The molecule has 0 amide bonds. The second kappa shape index (κ2) is 12.3. The predicted octanol–water partition coefficient (Wildman–Crippen LogP) is 5.33. The van der Waals surface area contributed by atoms with Crippen molar-refractivity contribution in [2.75, 3.05) is 13.2 Å². The van der Waals surface area contributed by atoms with Crippen LogP contribution in [0.3, 0.4) is 0 Å². The van der Waals surface area contributed by atoms with Gasteiger partial charge in [-0.05, 0) is 31.0 Å². The lowest BCUT2D eigenvalue weighted by Crippen LogP contribution is -2.34. The Morgan fingerprint density at radius 1 is 1.04 bits per heavy atom. The average molecular weight is 441 g/mol. The van der Waals surface area contributed by atoms with Crippen LogP contribution >= 0.6 is 34.8 Å². The molecule has 0 saturated heterocycles. The molecule has 1 aromatic heterocycles. The van der Waals surface area contributed by atoms with Gasteiger partial charge in [-0.1, -0.05) is 47.6 Å². The number of ether oxygens (including phenoxy) is 1. The summed E-state index contributed by atoms with van der Waals surface area (Å²) < 4.78 is 5.65. The molecule has 0 atom stereocenters. The zero-order valence-corrected chi connectivity index (χ0v) is 17.4. The van der Waals surface area contributed by atoms with Gasteiger partial charge in [-0.2, -0.15) is 5.26 Å². The van der Waals surface area contributed by atoms with E-state index in [4.69, 9.17) is 44.8 Å². The standard InChI is InChI=1S/C19H20Cl3N5O/c20-15-11-17(22)18(12-16(15)21)28-10-4-2-1-3-7-25-19(26-13-23)27-14-5-8-24-9-6-14/h5-6,8-9,11-12H,1-4,7,10H2,(H2,24,25,26,27). The van der Waals surface area contributed by atoms with Gasteiger partial charge in [-0.3, -0.25) is 10.3 Å². The van der Waals surface area contributed by atoms with Gasteiger partial charge in [0.2, 0.25) is 5.96 Å². The van der Waals surface area contributed by atoms with E-state index in [1.807, 2.05) is 6.19 Å². The summed E-state index contributed by atoms with van der Waals surface area (Å²) in [4.78, 5) is 8.27. The van der Waals surface area contributed by atoms with Gasteiger partial charge in [0.15, 0.2) is 6.19 Å². The lowest BCUT2D eigenvalue weighted by atomic mass is 10.2. The minimum absolute atomic E-state index is 0.407. The number of benzene rings is 1. The Hall–Kier alpha value is -2.20. The lowest BCUT2D eigenvalue weighted by molar-refractivity contribution is 0.305. The number of hydrogen-bond acceptors (Lipinski definition) is 4. The van der Waals surface area contributed by atoms with Crippen molar-refractivity contribution >= 4 is 46.4 Å². The molecule has 2 N–H and O–H groups in total. The highest BCUT2D eigenvalue weighted by Gasteiger charge is 2.07. The lowest BCUT2D eigenvalue weighted by Gasteiger charge is -2.10. The molecule has 2 rings (SSSR count). The zero-order valence-electron chi connectivity index (χ0n) is 15.1. The molecule has 9 heteroatoms. The molecule has 0 aliphatic heterocycles. The van der Waals surface area contributed by atoms with Crippen molar-refractivity contribution in [2.24, 2.45) is 4.99 Å². The molecule has 1 heterocycles. The number of hydrogen-bond donors (Lipinski definition) is 2. The van der Waals surface area contributed by atoms with Crippen LogP contribution in [-0.2, 0) is 0 Å². The van der Waals surface area contributed by atoms with Gasteiger partial charge < -0.3 is 10.1 Å². The van der Waals surface area contributed by atoms with Crippen molar-refractivity contribution in [1.82, 2.24) is 15.6 Å². The summed E-state index contributed by atoms with van der Waals surface area (Å²) in [6.07, 6.45) is 9.03. The maximum Gasteiger partial charge on any atom is 0.209 e. The van der Waals surface area contributed by atoms with Gasteiger partial charge in [0.05, 0.1) is 27.4 Å². The van der Waals surface area contributed by atoms with Crippen LogP contribution in [0.5, 0.6) is 5.75 Å². The number of pyridine rings is 1. The van der Waals surface area contributed by atoms with Gasteiger partial charge in [-0.15, -0.1) is 0 Å². The Bertz CT molecular complexity index is 824. The fourth-order valence-electron chi connectivity index (χ4n) is 2.30. The molecule has 6 nitrogen and oxygen atoms in total. The van der Waals surface area contributed by atoms with Crippen molar-refractivity contribution in [2.45, 2.75) is 25.7 Å². The first-order valence-corrected chi connectivity index (χ1v) is 9.88. The highest BCUT2D eigenvalue weighted by molar-refractivity contribution is 6.43. The fourth-order valence-corrected chi connectivity index (χ4v) is 2.89. The van der Waals surface area contributed by atoms with E-state index in [0.29, 0.717) is 39.9 Å². The van der Waals surface area contributed by atoms with E-state index in [1.165, 1.54) is 0 Å². The minimum Gasteiger partial charge on any atom is -0.492 e. The molecule has 0 fully saturated rings. The van der Waals surface area contributed by atoms with Crippen LogP contribution in [-0.4, -0.2) is 24.1 Å². The van der Waals surface area contributed by atoms with Crippen LogP contribution < -0.4 is 15.4 Å². The van der Waals surface area contributed by atoms with Gasteiger partial charge >= 0.3 is 0 Å². The zero-order chi connectivity index (χ0) is 20.2. The average Bonchev–Trinajstić information content (AvgIpc) is 2.68. The molecule has 0 bridgehead atoms.